The number of hydrogen-bond donors (Lipinski definition) is 1. The van der Waals surface area contributed by atoms with Crippen LogP contribution in [0.3, 0.4) is 0 Å². The maximum atomic E-state index is 5.41. The number of halogens is 1. The molecule has 108 valence electrons. The lowest BCUT2D eigenvalue weighted by Gasteiger charge is -2.21. The van der Waals surface area contributed by atoms with Gasteiger partial charge in [0, 0.05) is 27.8 Å². The van der Waals surface area contributed by atoms with Crippen molar-refractivity contribution in [2.75, 3.05) is 11.9 Å². The molecule has 0 amide bonds. The monoisotopic (exact) mass is 372 g/mol. The highest BCUT2D eigenvalue weighted by Crippen LogP contribution is 2.33. The fraction of sp³-hybridized carbons (Fsp3) is 0.538. The summed E-state index contributed by atoms with van der Waals surface area (Å²) in [6.45, 7) is 0.850. The minimum Gasteiger partial charge on any atom is -0.339 e. The van der Waals surface area contributed by atoms with E-state index in [2.05, 4.69) is 54.1 Å². The number of rotatable bonds is 4. The SMILES string of the molecule is CN(Cc1cc(Br)cs1)c1n[nH]c(=S)n1C1CCCC1. The molecule has 2 aromatic heterocycles. The van der Waals surface area contributed by atoms with Gasteiger partial charge in [0.2, 0.25) is 5.95 Å². The summed E-state index contributed by atoms with van der Waals surface area (Å²) in [5.41, 5.74) is 0. The third-order valence-corrected chi connectivity index (χ3v) is 5.70. The van der Waals surface area contributed by atoms with Gasteiger partial charge in [-0.1, -0.05) is 12.8 Å². The summed E-state index contributed by atoms with van der Waals surface area (Å²) in [4.78, 5) is 3.48. The molecule has 2 heterocycles. The molecule has 1 fully saturated rings. The lowest BCUT2D eigenvalue weighted by atomic mass is 10.2. The third kappa shape index (κ3) is 2.84. The Morgan fingerprint density at radius 1 is 1.55 bits per heavy atom. The minimum absolute atomic E-state index is 0.508. The molecule has 0 atom stereocenters. The summed E-state index contributed by atoms with van der Waals surface area (Å²) in [5, 5.41) is 9.49. The quantitative estimate of drug-likeness (QED) is 0.801. The van der Waals surface area contributed by atoms with Crippen LogP contribution < -0.4 is 4.90 Å². The zero-order valence-electron chi connectivity index (χ0n) is 11.3. The Balaban J connectivity index is 1.84. The van der Waals surface area contributed by atoms with Gasteiger partial charge in [-0.25, -0.2) is 5.10 Å². The maximum Gasteiger partial charge on any atom is 0.226 e. The molecular weight excluding hydrogens is 356 g/mol. The van der Waals surface area contributed by atoms with Crippen LogP contribution in [0.2, 0.25) is 0 Å². The van der Waals surface area contributed by atoms with Crippen molar-refractivity contribution in [3.8, 4) is 0 Å². The number of thiophene rings is 1. The number of nitrogens with one attached hydrogen (secondary N) is 1. The molecule has 20 heavy (non-hydrogen) atoms. The molecule has 0 aromatic carbocycles. The van der Waals surface area contributed by atoms with Gasteiger partial charge in [0.1, 0.15) is 0 Å². The van der Waals surface area contributed by atoms with Crippen molar-refractivity contribution in [1.82, 2.24) is 14.8 Å². The second-order valence-electron chi connectivity index (χ2n) is 5.22. The first-order valence-electron chi connectivity index (χ1n) is 6.76. The van der Waals surface area contributed by atoms with E-state index in [1.165, 1.54) is 30.6 Å². The average molecular weight is 373 g/mol. The lowest BCUT2D eigenvalue weighted by Crippen LogP contribution is -2.22. The van der Waals surface area contributed by atoms with E-state index in [-0.39, 0.29) is 0 Å². The van der Waals surface area contributed by atoms with E-state index in [9.17, 15) is 0 Å². The Bertz CT molecular complexity index is 639. The second-order valence-corrected chi connectivity index (χ2v) is 7.52. The van der Waals surface area contributed by atoms with Crippen LogP contribution in [0.25, 0.3) is 0 Å². The molecule has 0 bridgehead atoms. The average Bonchev–Trinajstić information content (AvgIpc) is 3.10. The highest BCUT2D eigenvalue weighted by atomic mass is 79.9. The smallest absolute Gasteiger partial charge is 0.226 e. The number of anilines is 1. The number of aromatic amines is 1. The van der Waals surface area contributed by atoms with Crippen LogP contribution in [0.1, 0.15) is 36.6 Å². The molecule has 0 saturated heterocycles. The largest absolute Gasteiger partial charge is 0.339 e. The van der Waals surface area contributed by atoms with Gasteiger partial charge in [0.25, 0.3) is 0 Å². The highest BCUT2D eigenvalue weighted by Gasteiger charge is 2.23. The minimum atomic E-state index is 0.508. The summed E-state index contributed by atoms with van der Waals surface area (Å²) >= 11 is 10.7. The zero-order valence-corrected chi connectivity index (χ0v) is 14.5. The Morgan fingerprint density at radius 2 is 2.30 bits per heavy atom. The van der Waals surface area contributed by atoms with Crippen molar-refractivity contribution in [1.29, 1.82) is 0 Å². The van der Waals surface area contributed by atoms with Gasteiger partial charge in [-0.05, 0) is 47.1 Å². The molecule has 0 unspecified atom stereocenters. The predicted molar refractivity (Wildman–Crippen MR) is 89.0 cm³/mol. The summed E-state index contributed by atoms with van der Waals surface area (Å²) in [7, 11) is 2.07. The Hall–Kier alpha value is -0.660. The van der Waals surface area contributed by atoms with Crippen molar-refractivity contribution < 1.29 is 0 Å². The molecule has 2 aromatic rings. The van der Waals surface area contributed by atoms with Gasteiger partial charge < -0.3 is 4.90 Å². The summed E-state index contributed by atoms with van der Waals surface area (Å²) in [5.74, 6) is 0.950. The van der Waals surface area contributed by atoms with E-state index in [4.69, 9.17) is 12.2 Å². The topological polar surface area (TPSA) is 36.9 Å². The molecule has 4 nitrogen and oxygen atoms in total. The first-order chi connectivity index (χ1) is 9.65. The van der Waals surface area contributed by atoms with Crippen LogP contribution in [-0.2, 0) is 6.54 Å². The predicted octanol–water partition coefficient (Wildman–Crippen LogP) is 4.52. The lowest BCUT2D eigenvalue weighted by molar-refractivity contribution is 0.509. The number of nitrogens with zero attached hydrogens (tertiary/aromatic N) is 3. The number of aromatic nitrogens is 3. The van der Waals surface area contributed by atoms with Gasteiger partial charge in [-0.15, -0.1) is 16.4 Å². The molecule has 1 saturated carbocycles. The van der Waals surface area contributed by atoms with Crippen LogP contribution in [0.5, 0.6) is 0 Å². The fourth-order valence-electron chi connectivity index (χ4n) is 2.80. The van der Waals surface area contributed by atoms with Crippen molar-refractivity contribution in [2.45, 2.75) is 38.3 Å². The van der Waals surface area contributed by atoms with Gasteiger partial charge >= 0.3 is 0 Å². The van der Waals surface area contributed by atoms with E-state index in [1.54, 1.807) is 11.3 Å². The molecule has 1 aliphatic carbocycles. The fourth-order valence-corrected chi connectivity index (χ4v) is 4.58. The van der Waals surface area contributed by atoms with E-state index < -0.39 is 0 Å². The van der Waals surface area contributed by atoms with Crippen LogP contribution in [-0.4, -0.2) is 21.8 Å². The van der Waals surface area contributed by atoms with E-state index in [0.717, 1.165) is 21.7 Å². The molecule has 0 aliphatic heterocycles. The third-order valence-electron chi connectivity index (χ3n) is 3.73. The van der Waals surface area contributed by atoms with Gasteiger partial charge in [-0.2, -0.15) is 0 Å². The van der Waals surface area contributed by atoms with E-state index in [1.807, 2.05) is 0 Å². The van der Waals surface area contributed by atoms with Crippen LogP contribution >= 0.6 is 39.5 Å². The first-order valence-corrected chi connectivity index (χ1v) is 8.84. The number of hydrogen-bond acceptors (Lipinski definition) is 4. The normalized spacial score (nSPS) is 15.9. The summed E-state index contributed by atoms with van der Waals surface area (Å²) < 4.78 is 4.08. The molecule has 1 N–H and O–H groups in total. The molecule has 3 rings (SSSR count). The standard InChI is InChI=1S/C13H17BrN4S2/c1-17(7-11-6-9(14)8-20-11)12-15-16-13(19)18(12)10-4-2-3-5-10/h6,8,10H,2-5,7H2,1H3,(H,16,19). The van der Waals surface area contributed by atoms with Crippen LogP contribution in [0, 0.1) is 4.77 Å². The Labute approximate surface area is 135 Å². The Morgan fingerprint density at radius 3 is 2.95 bits per heavy atom. The Kier molecular flexibility index (Phi) is 4.28. The van der Waals surface area contributed by atoms with Gasteiger partial charge in [0.05, 0.1) is 6.54 Å². The molecular formula is C13H17BrN4S2. The van der Waals surface area contributed by atoms with Crippen molar-refractivity contribution in [3.05, 3.63) is 25.6 Å². The van der Waals surface area contributed by atoms with Crippen molar-refractivity contribution >= 4 is 45.4 Å². The molecule has 0 spiro atoms. The maximum absolute atomic E-state index is 5.41. The van der Waals surface area contributed by atoms with Crippen molar-refractivity contribution in [3.63, 3.8) is 0 Å². The van der Waals surface area contributed by atoms with Crippen LogP contribution in [0.4, 0.5) is 5.95 Å². The van der Waals surface area contributed by atoms with E-state index in [0.29, 0.717) is 6.04 Å². The molecule has 1 aliphatic rings. The van der Waals surface area contributed by atoms with E-state index >= 15 is 0 Å². The molecule has 7 heteroatoms. The van der Waals surface area contributed by atoms with Crippen molar-refractivity contribution in [2.24, 2.45) is 0 Å². The summed E-state index contributed by atoms with van der Waals surface area (Å²) in [6, 6.07) is 2.66. The zero-order chi connectivity index (χ0) is 14.1. The summed E-state index contributed by atoms with van der Waals surface area (Å²) in [6.07, 6.45) is 5.00. The molecule has 0 radical (unpaired) electrons. The van der Waals surface area contributed by atoms with Crippen LogP contribution in [0.15, 0.2) is 15.9 Å². The second kappa shape index (κ2) is 5.99. The van der Waals surface area contributed by atoms with Gasteiger partial charge in [0.15, 0.2) is 4.77 Å². The first kappa shape index (κ1) is 14.3. The van der Waals surface area contributed by atoms with Gasteiger partial charge in [-0.3, -0.25) is 4.57 Å². The highest BCUT2D eigenvalue weighted by molar-refractivity contribution is 9.10. The number of H-pyrrole nitrogens is 1.